The second-order valence-electron chi connectivity index (χ2n) is 5.92. The van der Waals surface area contributed by atoms with E-state index < -0.39 is 5.60 Å². The summed E-state index contributed by atoms with van der Waals surface area (Å²) in [7, 11) is 0. The summed E-state index contributed by atoms with van der Waals surface area (Å²) >= 11 is 0. The number of hydrogen-bond acceptors (Lipinski definition) is 5. The van der Waals surface area contributed by atoms with Crippen molar-refractivity contribution in [3.05, 3.63) is 53.5 Å². The molecule has 1 amide bonds. The van der Waals surface area contributed by atoms with E-state index in [-0.39, 0.29) is 24.8 Å². The van der Waals surface area contributed by atoms with Crippen LogP contribution in [0.2, 0.25) is 0 Å². The van der Waals surface area contributed by atoms with Crippen molar-refractivity contribution in [2.24, 2.45) is 0 Å². The van der Waals surface area contributed by atoms with Crippen LogP contribution in [0.5, 0.6) is 5.75 Å². The van der Waals surface area contributed by atoms with E-state index in [1.165, 1.54) is 0 Å². The number of amides is 1. The lowest BCUT2D eigenvalue weighted by Gasteiger charge is -2.36. The number of nitrogens with zero attached hydrogens (tertiary/aromatic N) is 1. The quantitative estimate of drug-likeness (QED) is 0.849. The van der Waals surface area contributed by atoms with Crippen LogP contribution in [0.4, 0.5) is 0 Å². The SMILES string of the molecule is N#Cc1ccccc1OCc1ccc(C(=O)NCC2(O)CCC2)o1. The van der Waals surface area contributed by atoms with Crippen LogP contribution in [0.15, 0.2) is 40.8 Å². The number of nitriles is 1. The van der Waals surface area contributed by atoms with Gasteiger partial charge < -0.3 is 19.6 Å². The zero-order valence-corrected chi connectivity index (χ0v) is 13.1. The van der Waals surface area contributed by atoms with E-state index in [4.69, 9.17) is 14.4 Å². The molecule has 1 heterocycles. The Morgan fingerprint density at radius 2 is 2.12 bits per heavy atom. The molecule has 0 atom stereocenters. The van der Waals surface area contributed by atoms with Gasteiger partial charge in [0.2, 0.25) is 0 Å². The molecule has 1 saturated carbocycles. The standard InChI is InChI=1S/C18H18N2O4/c19-10-13-4-1-2-5-15(13)23-11-14-6-7-16(24-14)17(21)20-12-18(22)8-3-9-18/h1-2,4-7,22H,3,8-9,11-12H2,(H,20,21). The number of carbonyl (C=O) groups excluding carboxylic acids is 1. The van der Waals surface area contributed by atoms with E-state index in [9.17, 15) is 9.90 Å². The van der Waals surface area contributed by atoms with E-state index in [0.29, 0.717) is 29.9 Å². The molecular formula is C18H18N2O4. The molecule has 3 rings (SSSR count). The molecule has 1 aromatic carbocycles. The highest BCUT2D eigenvalue weighted by atomic mass is 16.5. The average molecular weight is 326 g/mol. The molecule has 2 N–H and O–H groups in total. The van der Waals surface area contributed by atoms with E-state index >= 15 is 0 Å². The van der Waals surface area contributed by atoms with Crippen molar-refractivity contribution in [2.45, 2.75) is 31.5 Å². The fourth-order valence-corrected chi connectivity index (χ4v) is 2.50. The van der Waals surface area contributed by atoms with Gasteiger partial charge in [-0.15, -0.1) is 0 Å². The summed E-state index contributed by atoms with van der Waals surface area (Å²) in [4.78, 5) is 12.0. The Hall–Kier alpha value is -2.78. The number of benzene rings is 1. The zero-order chi connectivity index (χ0) is 17.0. The van der Waals surface area contributed by atoms with Gasteiger partial charge in [-0.05, 0) is 43.5 Å². The highest BCUT2D eigenvalue weighted by Gasteiger charge is 2.34. The van der Waals surface area contributed by atoms with Crippen molar-refractivity contribution in [3.63, 3.8) is 0 Å². The number of hydrogen-bond donors (Lipinski definition) is 2. The number of aliphatic hydroxyl groups is 1. The van der Waals surface area contributed by atoms with Crippen molar-refractivity contribution in [1.29, 1.82) is 5.26 Å². The number of ether oxygens (including phenoxy) is 1. The lowest BCUT2D eigenvalue weighted by Crippen LogP contribution is -2.47. The molecular weight excluding hydrogens is 308 g/mol. The average Bonchev–Trinajstić information content (AvgIpc) is 3.05. The van der Waals surface area contributed by atoms with Crippen LogP contribution in [0.25, 0.3) is 0 Å². The molecule has 1 aliphatic rings. The summed E-state index contributed by atoms with van der Waals surface area (Å²) in [5, 5.41) is 21.7. The Morgan fingerprint density at radius 1 is 1.33 bits per heavy atom. The summed E-state index contributed by atoms with van der Waals surface area (Å²) in [6.45, 7) is 0.351. The monoisotopic (exact) mass is 326 g/mol. The van der Waals surface area contributed by atoms with Gasteiger partial charge in [0.1, 0.15) is 24.2 Å². The summed E-state index contributed by atoms with van der Waals surface area (Å²) in [5.41, 5.74) is -0.328. The van der Waals surface area contributed by atoms with Crippen LogP contribution in [-0.2, 0) is 6.61 Å². The van der Waals surface area contributed by atoms with Crippen molar-refractivity contribution >= 4 is 5.91 Å². The van der Waals surface area contributed by atoms with Gasteiger partial charge in [-0.2, -0.15) is 5.26 Å². The molecule has 1 fully saturated rings. The molecule has 0 saturated heterocycles. The van der Waals surface area contributed by atoms with Gasteiger partial charge in [-0.3, -0.25) is 4.79 Å². The predicted molar refractivity (Wildman–Crippen MR) is 85.3 cm³/mol. The Bertz CT molecular complexity index is 771. The molecule has 0 radical (unpaired) electrons. The summed E-state index contributed by atoms with van der Waals surface area (Å²) in [6.07, 6.45) is 2.41. The lowest BCUT2D eigenvalue weighted by molar-refractivity contribution is -0.0302. The number of rotatable bonds is 6. The van der Waals surface area contributed by atoms with Crippen LogP contribution < -0.4 is 10.1 Å². The first-order valence-electron chi connectivity index (χ1n) is 7.81. The topological polar surface area (TPSA) is 95.5 Å². The Morgan fingerprint density at radius 3 is 2.83 bits per heavy atom. The molecule has 1 aromatic heterocycles. The van der Waals surface area contributed by atoms with E-state index in [2.05, 4.69) is 11.4 Å². The molecule has 24 heavy (non-hydrogen) atoms. The summed E-state index contributed by atoms with van der Waals surface area (Å²) < 4.78 is 11.0. The highest BCUT2D eigenvalue weighted by Crippen LogP contribution is 2.30. The normalized spacial score (nSPS) is 15.2. The minimum absolute atomic E-state index is 0.121. The van der Waals surface area contributed by atoms with Crippen LogP contribution in [-0.4, -0.2) is 23.2 Å². The van der Waals surface area contributed by atoms with E-state index in [1.807, 2.05) is 0 Å². The first-order chi connectivity index (χ1) is 11.6. The molecule has 6 nitrogen and oxygen atoms in total. The van der Waals surface area contributed by atoms with Gasteiger partial charge in [-0.1, -0.05) is 12.1 Å². The maximum Gasteiger partial charge on any atom is 0.287 e. The molecule has 0 bridgehead atoms. The van der Waals surface area contributed by atoms with E-state index in [0.717, 1.165) is 6.42 Å². The third-order valence-electron chi connectivity index (χ3n) is 4.13. The van der Waals surface area contributed by atoms with Gasteiger partial charge in [0, 0.05) is 6.54 Å². The van der Waals surface area contributed by atoms with Crippen LogP contribution in [0.1, 0.15) is 41.1 Å². The third-order valence-corrected chi connectivity index (χ3v) is 4.13. The van der Waals surface area contributed by atoms with Crippen LogP contribution in [0, 0.1) is 11.3 Å². The minimum Gasteiger partial charge on any atom is -0.484 e. The second-order valence-corrected chi connectivity index (χ2v) is 5.92. The van der Waals surface area contributed by atoms with Crippen molar-refractivity contribution in [1.82, 2.24) is 5.32 Å². The fourth-order valence-electron chi connectivity index (χ4n) is 2.50. The van der Waals surface area contributed by atoms with E-state index in [1.54, 1.807) is 36.4 Å². The minimum atomic E-state index is -0.769. The smallest absolute Gasteiger partial charge is 0.287 e. The highest BCUT2D eigenvalue weighted by molar-refractivity contribution is 5.91. The van der Waals surface area contributed by atoms with Crippen molar-refractivity contribution < 1.29 is 19.1 Å². The maximum absolute atomic E-state index is 12.0. The largest absolute Gasteiger partial charge is 0.484 e. The van der Waals surface area contributed by atoms with Crippen molar-refractivity contribution in [3.8, 4) is 11.8 Å². The molecule has 0 spiro atoms. The zero-order valence-electron chi connectivity index (χ0n) is 13.1. The Kier molecular flexibility index (Phi) is 4.54. The maximum atomic E-state index is 12.0. The summed E-state index contributed by atoms with van der Waals surface area (Å²) in [5.74, 6) is 0.758. The van der Waals surface area contributed by atoms with Crippen LogP contribution in [0.3, 0.4) is 0 Å². The molecule has 0 unspecified atom stereocenters. The molecule has 1 aliphatic carbocycles. The first kappa shape index (κ1) is 16.1. The molecule has 0 aliphatic heterocycles. The van der Waals surface area contributed by atoms with Gasteiger partial charge >= 0.3 is 0 Å². The molecule has 124 valence electrons. The Balaban J connectivity index is 1.55. The summed E-state index contributed by atoms with van der Waals surface area (Å²) in [6, 6.07) is 12.2. The number of furan rings is 1. The van der Waals surface area contributed by atoms with Crippen molar-refractivity contribution in [2.75, 3.05) is 6.54 Å². The second kappa shape index (κ2) is 6.77. The fraction of sp³-hybridized carbons (Fsp3) is 0.333. The lowest BCUT2D eigenvalue weighted by atomic mass is 9.80. The first-order valence-corrected chi connectivity index (χ1v) is 7.81. The third kappa shape index (κ3) is 3.58. The van der Waals surface area contributed by atoms with Gasteiger partial charge in [-0.25, -0.2) is 0 Å². The number of para-hydroxylation sites is 1. The number of carbonyl (C=O) groups is 1. The molecule has 6 heteroatoms. The van der Waals surface area contributed by atoms with Gasteiger partial charge in [0.15, 0.2) is 5.76 Å². The van der Waals surface area contributed by atoms with Gasteiger partial charge in [0.05, 0.1) is 11.2 Å². The van der Waals surface area contributed by atoms with Crippen LogP contribution >= 0.6 is 0 Å². The Labute approximate surface area is 139 Å². The predicted octanol–water partition coefficient (Wildman–Crippen LogP) is 2.38. The molecule has 2 aromatic rings. The number of nitrogens with one attached hydrogen (secondary N) is 1. The van der Waals surface area contributed by atoms with Gasteiger partial charge in [0.25, 0.3) is 5.91 Å².